The van der Waals surface area contributed by atoms with Crippen LogP contribution in [-0.2, 0) is 17.8 Å². The number of nitrogens with one attached hydrogen (secondary N) is 1. The summed E-state index contributed by atoms with van der Waals surface area (Å²) in [7, 11) is 0. The van der Waals surface area contributed by atoms with Crippen LogP contribution >= 0.6 is 0 Å². The van der Waals surface area contributed by atoms with Crippen LogP contribution in [0.4, 0.5) is 0 Å². The Morgan fingerprint density at radius 1 is 1.50 bits per heavy atom. The summed E-state index contributed by atoms with van der Waals surface area (Å²) in [6.07, 6.45) is 2.08. The molecule has 0 amide bonds. The number of rotatable bonds is 4. The minimum absolute atomic E-state index is 0.548. The second kappa shape index (κ2) is 4.98. The number of hydrogen-bond donors (Lipinski definition) is 2. The lowest BCUT2D eigenvalue weighted by Crippen LogP contribution is -2.46. The Hall–Kier alpha value is -1.55. The average molecular weight is 249 g/mol. The van der Waals surface area contributed by atoms with Crippen LogP contribution in [0.5, 0.6) is 5.75 Å². The maximum atomic E-state index is 11.0. The summed E-state index contributed by atoms with van der Waals surface area (Å²) in [4.78, 5) is 11.0. The maximum absolute atomic E-state index is 11.0. The van der Waals surface area contributed by atoms with E-state index in [1.54, 1.807) is 13.8 Å². The molecule has 98 valence electrons. The van der Waals surface area contributed by atoms with Crippen molar-refractivity contribution in [2.24, 2.45) is 0 Å². The Labute approximate surface area is 107 Å². The van der Waals surface area contributed by atoms with E-state index in [-0.39, 0.29) is 0 Å². The molecule has 1 aliphatic heterocycles. The van der Waals surface area contributed by atoms with Gasteiger partial charge in [-0.05, 0) is 43.9 Å². The number of carboxylic acids is 1. The normalized spacial score (nSPS) is 14.8. The number of aryl methyl sites for hydroxylation is 1. The summed E-state index contributed by atoms with van der Waals surface area (Å²) in [5, 5.41) is 12.1. The van der Waals surface area contributed by atoms with Gasteiger partial charge >= 0.3 is 5.97 Å². The van der Waals surface area contributed by atoms with Gasteiger partial charge in [-0.2, -0.15) is 0 Å². The van der Waals surface area contributed by atoms with Gasteiger partial charge in [-0.25, -0.2) is 0 Å². The van der Waals surface area contributed by atoms with E-state index in [0.29, 0.717) is 6.54 Å². The highest BCUT2D eigenvalue weighted by Gasteiger charge is 2.26. The molecule has 0 aromatic heterocycles. The zero-order valence-electron chi connectivity index (χ0n) is 10.8. The fourth-order valence-corrected chi connectivity index (χ4v) is 1.92. The van der Waals surface area contributed by atoms with E-state index >= 15 is 0 Å². The predicted octanol–water partition coefficient (Wildman–Crippen LogP) is 1.96. The van der Waals surface area contributed by atoms with Gasteiger partial charge in [0.2, 0.25) is 0 Å². The summed E-state index contributed by atoms with van der Waals surface area (Å²) in [5.74, 6) is 0.117. The summed E-state index contributed by atoms with van der Waals surface area (Å²) >= 11 is 0. The molecule has 0 fully saturated rings. The van der Waals surface area contributed by atoms with Gasteiger partial charge in [0.25, 0.3) is 0 Å². The van der Waals surface area contributed by atoms with Crippen LogP contribution in [0.1, 0.15) is 31.4 Å². The zero-order chi connectivity index (χ0) is 13.2. The molecule has 0 radical (unpaired) electrons. The van der Waals surface area contributed by atoms with Crippen LogP contribution in [0.3, 0.4) is 0 Å². The topological polar surface area (TPSA) is 58.6 Å². The molecule has 18 heavy (non-hydrogen) atoms. The molecule has 0 unspecified atom stereocenters. The first-order chi connectivity index (χ1) is 8.49. The monoisotopic (exact) mass is 249 g/mol. The third-order valence-corrected chi connectivity index (χ3v) is 3.24. The standard InChI is InChI=1S/C14H19NO3/c1-14(2,13(16)17)15-9-10-5-6-12-11(8-10)4-3-7-18-12/h5-6,8,15H,3-4,7,9H2,1-2H3,(H,16,17). The third kappa shape index (κ3) is 2.82. The van der Waals surface area contributed by atoms with E-state index in [1.165, 1.54) is 5.56 Å². The Morgan fingerprint density at radius 3 is 3.00 bits per heavy atom. The SMILES string of the molecule is CC(C)(NCc1ccc2c(c1)CCCO2)C(=O)O. The number of carbonyl (C=O) groups is 1. The minimum atomic E-state index is -0.910. The Balaban J connectivity index is 2.04. The maximum Gasteiger partial charge on any atom is 0.323 e. The molecule has 0 atom stereocenters. The summed E-state index contributed by atoms with van der Waals surface area (Å²) < 4.78 is 5.55. The number of hydrogen-bond acceptors (Lipinski definition) is 3. The number of aliphatic carboxylic acids is 1. The van der Waals surface area contributed by atoms with E-state index in [0.717, 1.165) is 30.8 Å². The lowest BCUT2D eigenvalue weighted by Gasteiger charge is -2.22. The average Bonchev–Trinajstić information content (AvgIpc) is 2.36. The van der Waals surface area contributed by atoms with Crippen molar-refractivity contribution in [1.82, 2.24) is 5.32 Å². The van der Waals surface area contributed by atoms with Gasteiger partial charge in [-0.15, -0.1) is 0 Å². The molecule has 0 spiro atoms. The molecule has 1 aromatic carbocycles. The molecule has 1 heterocycles. The van der Waals surface area contributed by atoms with Crippen molar-refractivity contribution >= 4 is 5.97 Å². The first-order valence-corrected chi connectivity index (χ1v) is 6.22. The van der Waals surface area contributed by atoms with Crippen LogP contribution in [0, 0.1) is 0 Å². The van der Waals surface area contributed by atoms with Crippen LogP contribution in [0.15, 0.2) is 18.2 Å². The van der Waals surface area contributed by atoms with Crippen molar-refractivity contribution in [3.63, 3.8) is 0 Å². The van der Waals surface area contributed by atoms with E-state index < -0.39 is 11.5 Å². The molecular weight excluding hydrogens is 230 g/mol. The minimum Gasteiger partial charge on any atom is -0.493 e. The van der Waals surface area contributed by atoms with Gasteiger partial charge in [-0.3, -0.25) is 10.1 Å². The fourth-order valence-electron chi connectivity index (χ4n) is 1.92. The molecule has 0 bridgehead atoms. The molecule has 4 nitrogen and oxygen atoms in total. The van der Waals surface area contributed by atoms with Crippen LogP contribution in [0.25, 0.3) is 0 Å². The summed E-state index contributed by atoms with van der Waals surface area (Å²) in [6.45, 7) is 4.66. The summed E-state index contributed by atoms with van der Waals surface area (Å²) in [6, 6.07) is 6.05. The largest absolute Gasteiger partial charge is 0.493 e. The number of fused-ring (bicyclic) bond motifs is 1. The van der Waals surface area contributed by atoms with Gasteiger partial charge in [0.05, 0.1) is 6.61 Å². The van der Waals surface area contributed by atoms with Gasteiger partial charge < -0.3 is 9.84 Å². The highest BCUT2D eigenvalue weighted by molar-refractivity contribution is 5.77. The lowest BCUT2D eigenvalue weighted by molar-refractivity contribution is -0.143. The van der Waals surface area contributed by atoms with Crippen molar-refractivity contribution in [3.05, 3.63) is 29.3 Å². The number of benzene rings is 1. The van der Waals surface area contributed by atoms with E-state index in [9.17, 15) is 4.79 Å². The summed E-state index contributed by atoms with van der Waals surface area (Å²) in [5.41, 5.74) is 1.40. The highest BCUT2D eigenvalue weighted by Crippen LogP contribution is 2.25. The van der Waals surface area contributed by atoms with Gasteiger partial charge in [-0.1, -0.05) is 12.1 Å². The first kappa shape index (κ1) is 12.9. The Kier molecular flexibility index (Phi) is 3.57. The van der Waals surface area contributed by atoms with Gasteiger partial charge in [0.1, 0.15) is 11.3 Å². The molecule has 0 saturated carbocycles. The molecule has 0 saturated heterocycles. The Morgan fingerprint density at radius 2 is 2.28 bits per heavy atom. The van der Waals surface area contributed by atoms with Crippen LogP contribution < -0.4 is 10.1 Å². The molecule has 1 aliphatic rings. The highest BCUT2D eigenvalue weighted by atomic mass is 16.5. The van der Waals surface area contributed by atoms with Gasteiger partial charge in [0.15, 0.2) is 0 Å². The smallest absolute Gasteiger partial charge is 0.323 e. The molecule has 0 aliphatic carbocycles. The van der Waals surface area contributed by atoms with Crippen molar-refractivity contribution in [3.8, 4) is 5.75 Å². The van der Waals surface area contributed by atoms with Crippen LogP contribution in [0.2, 0.25) is 0 Å². The first-order valence-electron chi connectivity index (χ1n) is 6.22. The second-order valence-electron chi connectivity index (χ2n) is 5.18. The fraction of sp³-hybridized carbons (Fsp3) is 0.500. The molecule has 1 aromatic rings. The van der Waals surface area contributed by atoms with Crippen molar-refractivity contribution in [2.45, 2.75) is 38.8 Å². The van der Waals surface area contributed by atoms with E-state index in [4.69, 9.17) is 9.84 Å². The quantitative estimate of drug-likeness (QED) is 0.856. The number of ether oxygens (including phenoxy) is 1. The van der Waals surface area contributed by atoms with Crippen molar-refractivity contribution in [1.29, 1.82) is 0 Å². The van der Waals surface area contributed by atoms with Crippen LogP contribution in [-0.4, -0.2) is 23.2 Å². The molecule has 4 heteroatoms. The second-order valence-corrected chi connectivity index (χ2v) is 5.18. The molecule has 2 N–H and O–H groups in total. The zero-order valence-corrected chi connectivity index (χ0v) is 10.8. The number of carboxylic acid groups (broad SMARTS) is 1. The van der Waals surface area contributed by atoms with Crippen molar-refractivity contribution in [2.75, 3.05) is 6.61 Å². The predicted molar refractivity (Wildman–Crippen MR) is 68.8 cm³/mol. The van der Waals surface area contributed by atoms with E-state index in [1.807, 2.05) is 12.1 Å². The molecular formula is C14H19NO3. The Bertz CT molecular complexity index is 454. The van der Waals surface area contributed by atoms with Gasteiger partial charge in [0, 0.05) is 6.54 Å². The molecule has 2 rings (SSSR count). The van der Waals surface area contributed by atoms with Crippen molar-refractivity contribution < 1.29 is 14.6 Å². The third-order valence-electron chi connectivity index (χ3n) is 3.24. The van der Waals surface area contributed by atoms with E-state index in [2.05, 4.69) is 11.4 Å². The lowest BCUT2D eigenvalue weighted by atomic mass is 10.0.